The minimum Gasteiger partial charge on any atom is -0.299 e. The molecule has 1 amide bonds. The highest BCUT2D eigenvalue weighted by Crippen LogP contribution is 2.09. The molecule has 11 heavy (non-hydrogen) atoms. The van der Waals surface area contributed by atoms with Gasteiger partial charge in [0.25, 0.3) is 5.91 Å². The maximum Gasteiger partial charge on any atom is 0.260 e. The summed E-state index contributed by atoms with van der Waals surface area (Å²) in [6.45, 7) is 0. The predicted molar refractivity (Wildman–Crippen MR) is 47.9 cm³/mol. The van der Waals surface area contributed by atoms with Crippen molar-refractivity contribution in [3.63, 3.8) is 0 Å². The number of thiol groups is 1. The van der Waals surface area contributed by atoms with Gasteiger partial charge >= 0.3 is 0 Å². The van der Waals surface area contributed by atoms with Crippen molar-refractivity contribution in [3.8, 4) is 0 Å². The van der Waals surface area contributed by atoms with Crippen LogP contribution >= 0.6 is 24.4 Å². The molecule has 0 aliphatic rings. The zero-order valence-corrected chi connectivity index (χ0v) is 7.19. The maximum atomic E-state index is 10.9. The van der Waals surface area contributed by atoms with Crippen molar-refractivity contribution >= 4 is 30.3 Å². The summed E-state index contributed by atoms with van der Waals surface area (Å²) in [4.78, 5) is 10.9. The second-order valence-corrected chi connectivity index (χ2v) is 2.61. The van der Waals surface area contributed by atoms with Gasteiger partial charge in [-0.05, 0) is 24.3 Å². The van der Waals surface area contributed by atoms with Gasteiger partial charge in [-0.25, -0.2) is 0 Å². The van der Waals surface area contributed by atoms with Crippen LogP contribution in [0.1, 0.15) is 10.4 Å². The van der Waals surface area contributed by atoms with Crippen molar-refractivity contribution in [2.24, 2.45) is 0 Å². The fourth-order valence-electron chi connectivity index (χ4n) is 0.666. The minimum atomic E-state index is -0.231. The van der Waals surface area contributed by atoms with Crippen molar-refractivity contribution < 1.29 is 4.79 Å². The first-order chi connectivity index (χ1) is 5.24. The Hall–Kier alpha value is -0.670. The van der Waals surface area contributed by atoms with E-state index >= 15 is 0 Å². The van der Waals surface area contributed by atoms with Gasteiger partial charge in [-0.2, -0.15) is 0 Å². The number of benzene rings is 1. The van der Waals surface area contributed by atoms with Crippen LogP contribution in [0.3, 0.4) is 0 Å². The molecule has 0 saturated carbocycles. The van der Waals surface area contributed by atoms with E-state index < -0.39 is 0 Å². The van der Waals surface area contributed by atoms with Gasteiger partial charge in [0, 0.05) is 10.6 Å². The highest BCUT2D eigenvalue weighted by molar-refractivity contribution is 7.78. The van der Waals surface area contributed by atoms with E-state index in [2.05, 4.69) is 17.5 Å². The third-order valence-corrected chi connectivity index (χ3v) is 1.66. The molecule has 0 radical (unpaired) electrons. The lowest BCUT2D eigenvalue weighted by atomic mass is 10.2. The summed E-state index contributed by atoms with van der Waals surface area (Å²) in [6.07, 6.45) is 0. The summed E-state index contributed by atoms with van der Waals surface area (Å²) in [5.74, 6) is -0.231. The van der Waals surface area contributed by atoms with Gasteiger partial charge < -0.3 is 0 Å². The van der Waals surface area contributed by atoms with E-state index in [1.807, 2.05) is 0 Å². The van der Waals surface area contributed by atoms with Gasteiger partial charge in [0.2, 0.25) is 0 Å². The average Bonchev–Trinajstić information content (AvgIpc) is 2.05. The van der Waals surface area contributed by atoms with Gasteiger partial charge in [0.05, 0.1) is 0 Å². The first kappa shape index (κ1) is 8.43. The lowest BCUT2D eigenvalue weighted by Gasteiger charge is -1.96. The average molecular weight is 188 g/mol. The molecule has 1 aromatic rings. The lowest BCUT2D eigenvalue weighted by molar-refractivity contribution is 0.0985. The molecule has 2 nitrogen and oxygen atoms in total. The molecule has 1 rings (SSSR count). The Kier molecular flexibility index (Phi) is 2.79. The third-order valence-electron chi connectivity index (χ3n) is 1.21. The summed E-state index contributed by atoms with van der Waals surface area (Å²) in [5, 5.41) is 0.612. The molecule has 0 atom stereocenters. The predicted octanol–water partition coefficient (Wildman–Crippen LogP) is 1.91. The molecule has 0 aromatic heterocycles. The van der Waals surface area contributed by atoms with Crippen LogP contribution in [-0.2, 0) is 0 Å². The Morgan fingerprint density at radius 1 is 1.36 bits per heavy atom. The van der Waals surface area contributed by atoms with Gasteiger partial charge in [-0.3, -0.25) is 9.52 Å². The number of halogens is 1. The molecule has 0 spiro atoms. The Morgan fingerprint density at radius 3 is 2.36 bits per heavy atom. The summed E-state index contributed by atoms with van der Waals surface area (Å²) < 4.78 is 2.21. The number of nitrogens with one attached hydrogen (secondary N) is 1. The fraction of sp³-hybridized carbons (Fsp3) is 0. The largest absolute Gasteiger partial charge is 0.299 e. The van der Waals surface area contributed by atoms with Gasteiger partial charge in [0.1, 0.15) is 0 Å². The monoisotopic (exact) mass is 187 g/mol. The van der Waals surface area contributed by atoms with E-state index in [-0.39, 0.29) is 5.91 Å². The topological polar surface area (TPSA) is 29.1 Å². The van der Waals surface area contributed by atoms with Crippen LogP contribution in [0.15, 0.2) is 24.3 Å². The van der Waals surface area contributed by atoms with Crippen LogP contribution in [0, 0.1) is 0 Å². The first-order valence-corrected chi connectivity index (χ1v) is 3.76. The summed E-state index contributed by atoms with van der Waals surface area (Å²) >= 11 is 9.23. The van der Waals surface area contributed by atoms with Gasteiger partial charge in [-0.15, -0.1) is 0 Å². The lowest BCUT2D eigenvalue weighted by Crippen LogP contribution is -2.11. The van der Waals surface area contributed by atoms with E-state index in [9.17, 15) is 4.79 Å². The van der Waals surface area contributed by atoms with Crippen molar-refractivity contribution in [1.82, 2.24) is 4.72 Å². The third kappa shape index (κ3) is 2.13. The molecule has 0 bridgehead atoms. The Balaban J connectivity index is 2.90. The number of hydrogen-bond acceptors (Lipinski definition) is 2. The smallest absolute Gasteiger partial charge is 0.260 e. The number of amides is 1. The zero-order valence-electron chi connectivity index (χ0n) is 5.54. The molecule has 0 unspecified atom stereocenters. The van der Waals surface area contributed by atoms with E-state index in [0.717, 1.165) is 0 Å². The molecule has 0 fully saturated rings. The number of rotatable bonds is 1. The normalized spacial score (nSPS) is 9.27. The minimum absolute atomic E-state index is 0.231. The SMILES string of the molecule is O=C(NS)c1ccc(Cl)cc1. The fourth-order valence-corrected chi connectivity index (χ4v) is 0.921. The molecule has 0 heterocycles. The molecular weight excluding hydrogens is 182 g/mol. The zero-order chi connectivity index (χ0) is 8.27. The molecule has 0 aliphatic carbocycles. The van der Waals surface area contributed by atoms with Crippen molar-refractivity contribution in [1.29, 1.82) is 0 Å². The second kappa shape index (κ2) is 3.64. The van der Waals surface area contributed by atoms with Crippen molar-refractivity contribution in [3.05, 3.63) is 34.9 Å². The maximum absolute atomic E-state index is 10.9. The molecule has 0 saturated heterocycles. The molecule has 4 heteroatoms. The number of hydrogen-bond donors (Lipinski definition) is 2. The highest BCUT2D eigenvalue weighted by Gasteiger charge is 2.00. The van der Waals surface area contributed by atoms with E-state index in [4.69, 9.17) is 11.6 Å². The molecular formula is C7H6ClNOS. The molecule has 1 N–H and O–H groups in total. The number of carbonyl (C=O) groups excluding carboxylic acids is 1. The molecule has 0 aliphatic heterocycles. The Morgan fingerprint density at radius 2 is 1.91 bits per heavy atom. The van der Waals surface area contributed by atoms with Gasteiger partial charge in [-0.1, -0.05) is 24.4 Å². The Labute approximate surface area is 75.1 Å². The molecule has 58 valence electrons. The van der Waals surface area contributed by atoms with Crippen LogP contribution in [0.5, 0.6) is 0 Å². The van der Waals surface area contributed by atoms with Crippen molar-refractivity contribution in [2.45, 2.75) is 0 Å². The second-order valence-electron chi connectivity index (χ2n) is 1.95. The van der Waals surface area contributed by atoms with E-state index in [0.29, 0.717) is 10.6 Å². The van der Waals surface area contributed by atoms with Crippen LogP contribution in [-0.4, -0.2) is 5.91 Å². The van der Waals surface area contributed by atoms with Crippen molar-refractivity contribution in [2.75, 3.05) is 0 Å². The van der Waals surface area contributed by atoms with Crippen LogP contribution in [0.2, 0.25) is 5.02 Å². The number of carbonyl (C=O) groups is 1. The van der Waals surface area contributed by atoms with E-state index in [1.165, 1.54) is 0 Å². The van der Waals surface area contributed by atoms with Gasteiger partial charge in [0.15, 0.2) is 0 Å². The summed E-state index contributed by atoms with van der Waals surface area (Å²) in [6, 6.07) is 6.57. The standard InChI is InChI=1S/C7H6ClNOS/c8-6-3-1-5(2-4-6)7(10)9-11/h1-4,11H,(H,9,10). The van der Waals surface area contributed by atoms with Crippen LogP contribution in [0.4, 0.5) is 0 Å². The Bertz CT molecular complexity index is 260. The highest BCUT2D eigenvalue weighted by atomic mass is 35.5. The first-order valence-electron chi connectivity index (χ1n) is 2.94. The summed E-state index contributed by atoms with van der Waals surface area (Å²) in [5.41, 5.74) is 0.546. The van der Waals surface area contributed by atoms with Crippen LogP contribution < -0.4 is 4.72 Å². The quantitative estimate of drug-likeness (QED) is 0.647. The summed E-state index contributed by atoms with van der Waals surface area (Å²) in [7, 11) is 0. The van der Waals surface area contributed by atoms with E-state index in [1.54, 1.807) is 24.3 Å². The molecule has 1 aromatic carbocycles. The van der Waals surface area contributed by atoms with Crippen LogP contribution in [0.25, 0.3) is 0 Å².